The molecular formula is C15H20N4. The van der Waals surface area contributed by atoms with Crippen molar-refractivity contribution in [3.63, 3.8) is 0 Å². The quantitative estimate of drug-likeness (QED) is 0.912. The second kappa shape index (κ2) is 5.53. The van der Waals surface area contributed by atoms with Gasteiger partial charge in [-0.2, -0.15) is 0 Å². The molecule has 19 heavy (non-hydrogen) atoms. The number of fused-ring (bicyclic) bond motifs is 1. The highest BCUT2D eigenvalue weighted by Gasteiger charge is 2.20. The number of para-hydroxylation sites is 2. The number of benzene rings is 1. The number of anilines is 1. The lowest BCUT2D eigenvalue weighted by molar-refractivity contribution is 0.401. The monoisotopic (exact) mass is 256 g/mol. The molecule has 1 atom stereocenters. The molecule has 0 amide bonds. The van der Waals surface area contributed by atoms with Crippen LogP contribution in [0, 0.1) is 5.92 Å². The van der Waals surface area contributed by atoms with Gasteiger partial charge in [-0.15, -0.1) is 0 Å². The number of nitrogens with zero attached hydrogens (tertiary/aromatic N) is 3. The minimum atomic E-state index is 0.715. The lowest BCUT2D eigenvalue weighted by Crippen LogP contribution is -2.39. The van der Waals surface area contributed by atoms with Gasteiger partial charge in [0.2, 0.25) is 0 Å². The van der Waals surface area contributed by atoms with Crippen LogP contribution in [0.1, 0.15) is 12.8 Å². The van der Waals surface area contributed by atoms with Crippen LogP contribution >= 0.6 is 0 Å². The first-order valence-corrected chi connectivity index (χ1v) is 6.98. The SMILES string of the molecule is CNCC1CCCN(c2cnc3ccccc3n2)C1. The third-order valence-corrected chi connectivity index (χ3v) is 3.77. The number of hydrogen-bond acceptors (Lipinski definition) is 4. The Morgan fingerprint density at radius 1 is 1.32 bits per heavy atom. The van der Waals surface area contributed by atoms with Crippen LogP contribution in [-0.2, 0) is 0 Å². The largest absolute Gasteiger partial charge is 0.355 e. The highest BCUT2D eigenvalue weighted by atomic mass is 15.2. The van der Waals surface area contributed by atoms with Crippen molar-refractivity contribution in [2.45, 2.75) is 12.8 Å². The molecular weight excluding hydrogens is 236 g/mol. The lowest BCUT2D eigenvalue weighted by Gasteiger charge is -2.33. The molecule has 0 bridgehead atoms. The number of nitrogens with one attached hydrogen (secondary N) is 1. The molecule has 4 heteroatoms. The zero-order valence-electron chi connectivity index (χ0n) is 11.3. The van der Waals surface area contributed by atoms with E-state index in [0.717, 1.165) is 36.5 Å². The summed E-state index contributed by atoms with van der Waals surface area (Å²) in [5.41, 5.74) is 1.95. The van der Waals surface area contributed by atoms with E-state index in [9.17, 15) is 0 Å². The van der Waals surface area contributed by atoms with Gasteiger partial charge in [0.15, 0.2) is 0 Å². The molecule has 1 N–H and O–H groups in total. The normalized spacial score (nSPS) is 19.8. The van der Waals surface area contributed by atoms with Gasteiger partial charge >= 0.3 is 0 Å². The maximum absolute atomic E-state index is 4.74. The van der Waals surface area contributed by atoms with Crippen molar-refractivity contribution in [1.82, 2.24) is 15.3 Å². The number of piperidine rings is 1. The van der Waals surface area contributed by atoms with Gasteiger partial charge in [0.25, 0.3) is 0 Å². The highest BCUT2D eigenvalue weighted by molar-refractivity contribution is 5.75. The Morgan fingerprint density at radius 2 is 2.16 bits per heavy atom. The van der Waals surface area contributed by atoms with Crippen molar-refractivity contribution in [2.24, 2.45) is 5.92 Å². The van der Waals surface area contributed by atoms with Gasteiger partial charge < -0.3 is 10.2 Å². The molecule has 3 rings (SSSR count). The molecule has 1 aromatic heterocycles. The van der Waals surface area contributed by atoms with E-state index < -0.39 is 0 Å². The summed E-state index contributed by atoms with van der Waals surface area (Å²) in [6, 6.07) is 8.05. The fraction of sp³-hybridized carbons (Fsp3) is 0.467. The predicted octanol–water partition coefficient (Wildman–Crippen LogP) is 2.07. The average Bonchev–Trinajstić information content (AvgIpc) is 2.47. The second-order valence-electron chi connectivity index (χ2n) is 5.23. The van der Waals surface area contributed by atoms with Crippen LogP contribution in [0.25, 0.3) is 11.0 Å². The Morgan fingerprint density at radius 3 is 3.00 bits per heavy atom. The first-order chi connectivity index (χ1) is 9.36. The van der Waals surface area contributed by atoms with Gasteiger partial charge in [-0.1, -0.05) is 12.1 Å². The molecule has 2 aromatic rings. The maximum Gasteiger partial charge on any atom is 0.147 e. The second-order valence-corrected chi connectivity index (χ2v) is 5.23. The maximum atomic E-state index is 4.74. The summed E-state index contributed by atoms with van der Waals surface area (Å²) in [4.78, 5) is 11.6. The Bertz CT molecular complexity index is 553. The van der Waals surface area contributed by atoms with Crippen LogP contribution in [0.2, 0.25) is 0 Å². The Kier molecular flexibility index (Phi) is 3.60. The van der Waals surface area contributed by atoms with Gasteiger partial charge in [0.1, 0.15) is 5.82 Å². The summed E-state index contributed by atoms with van der Waals surface area (Å²) in [7, 11) is 2.02. The Balaban J connectivity index is 1.83. The standard InChI is InChI=1S/C15H20N4/c1-16-9-12-5-4-8-19(11-12)15-10-17-13-6-2-3-7-14(13)18-15/h2-3,6-7,10,12,16H,4-5,8-9,11H2,1H3. The molecule has 1 aliphatic heterocycles. The van der Waals surface area contributed by atoms with E-state index in [4.69, 9.17) is 4.98 Å². The van der Waals surface area contributed by atoms with Crippen molar-refractivity contribution in [3.05, 3.63) is 30.5 Å². The van der Waals surface area contributed by atoms with Crippen molar-refractivity contribution in [2.75, 3.05) is 31.6 Å². The first-order valence-electron chi connectivity index (χ1n) is 6.98. The molecule has 0 radical (unpaired) electrons. The highest BCUT2D eigenvalue weighted by Crippen LogP contribution is 2.22. The molecule has 0 spiro atoms. The van der Waals surface area contributed by atoms with Gasteiger partial charge in [-0.05, 0) is 44.5 Å². The molecule has 1 unspecified atom stereocenters. The van der Waals surface area contributed by atoms with E-state index in [1.807, 2.05) is 37.5 Å². The van der Waals surface area contributed by atoms with Crippen LogP contribution in [0.5, 0.6) is 0 Å². The summed E-state index contributed by atoms with van der Waals surface area (Å²) >= 11 is 0. The van der Waals surface area contributed by atoms with Crippen molar-refractivity contribution >= 4 is 16.9 Å². The summed E-state index contributed by atoms with van der Waals surface area (Å²) in [6.07, 6.45) is 4.45. The van der Waals surface area contributed by atoms with Gasteiger partial charge in [-0.3, -0.25) is 4.98 Å². The van der Waals surface area contributed by atoms with Gasteiger partial charge in [-0.25, -0.2) is 4.98 Å². The number of rotatable bonds is 3. The zero-order valence-corrected chi connectivity index (χ0v) is 11.3. The van der Waals surface area contributed by atoms with Crippen LogP contribution in [0.4, 0.5) is 5.82 Å². The van der Waals surface area contributed by atoms with Gasteiger partial charge in [0, 0.05) is 13.1 Å². The number of hydrogen-bond donors (Lipinski definition) is 1. The lowest BCUT2D eigenvalue weighted by atomic mass is 9.98. The summed E-state index contributed by atoms with van der Waals surface area (Å²) < 4.78 is 0. The minimum absolute atomic E-state index is 0.715. The first kappa shape index (κ1) is 12.4. The molecule has 0 saturated carbocycles. The van der Waals surface area contributed by atoms with E-state index in [2.05, 4.69) is 15.2 Å². The number of aromatic nitrogens is 2. The minimum Gasteiger partial charge on any atom is -0.355 e. The Labute approximate surface area is 113 Å². The van der Waals surface area contributed by atoms with E-state index in [0.29, 0.717) is 5.92 Å². The van der Waals surface area contributed by atoms with Crippen molar-refractivity contribution in [3.8, 4) is 0 Å². The smallest absolute Gasteiger partial charge is 0.147 e. The van der Waals surface area contributed by atoms with E-state index in [1.54, 1.807) is 0 Å². The fourth-order valence-electron chi connectivity index (χ4n) is 2.83. The third kappa shape index (κ3) is 2.68. The molecule has 4 nitrogen and oxygen atoms in total. The van der Waals surface area contributed by atoms with Crippen LogP contribution in [0.3, 0.4) is 0 Å². The Hall–Kier alpha value is -1.68. The van der Waals surface area contributed by atoms with Crippen LogP contribution in [0.15, 0.2) is 30.5 Å². The molecule has 1 saturated heterocycles. The summed E-state index contributed by atoms with van der Waals surface area (Å²) in [5.74, 6) is 1.73. The molecule has 0 aliphatic carbocycles. The van der Waals surface area contributed by atoms with E-state index >= 15 is 0 Å². The topological polar surface area (TPSA) is 41.0 Å². The molecule has 100 valence electrons. The fourth-order valence-corrected chi connectivity index (χ4v) is 2.83. The molecule has 1 fully saturated rings. The van der Waals surface area contributed by atoms with Crippen molar-refractivity contribution < 1.29 is 0 Å². The van der Waals surface area contributed by atoms with E-state index in [1.165, 1.54) is 12.8 Å². The summed E-state index contributed by atoms with van der Waals surface area (Å²) in [6.45, 7) is 3.25. The van der Waals surface area contributed by atoms with E-state index in [-0.39, 0.29) is 0 Å². The third-order valence-electron chi connectivity index (χ3n) is 3.77. The average molecular weight is 256 g/mol. The van der Waals surface area contributed by atoms with Gasteiger partial charge in [0.05, 0.1) is 17.2 Å². The summed E-state index contributed by atoms with van der Waals surface area (Å²) in [5, 5.41) is 3.28. The molecule has 2 heterocycles. The molecule has 1 aliphatic rings. The van der Waals surface area contributed by atoms with Crippen LogP contribution in [-0.4, -0.2) is 36.6 Å². The zero-order chi connectivity index (χ0) is 13.1. The van der Waals surface area contributed by atoms with Crippen LogP contribution < -0.4 is 10.2 Å². The molecule has 1 aromatic carbocycles. The predicted molar refractivity (Wildman–Crippen MR) is 78.4 cm³/mol. The van der Waals surface area contributed by atoms with Crippen molar-refractivity contribution in [1.29, 1.82) is 0 Å².